The number of nitrogens with zero attached hydrogens (tertiary/aromatic N) is 1. The first-order valence-electron chi connectivity index (χ1n) is 6.80. The van der Waals surface area contributed by atoms with E-state index in [1.807, 2.05) is 0 Å². The number of rotatable bonds is 2. The first-order chi connectivity index (χ1) is 8.86. The highest BCUT2D eigenvalue weighted by molar-refractivity contribution is 5.85. The highest BCUT2D eigenvalue weighted by Crippen LogP contribution is 2.30. The van der Waals surface area contributed by atoms with Crippen LogP contribution in [0.25, 0.3) is 11.3 Å². The van der Waals surface area contributed by atoms with Crippen molar-refractivity contribution in [1.82, 2.24) is 9.88 Å². The van der Waals surface area contributed by atoms with E-state index in [0.717, 1.165) is 13.1 Å². The molecule has 1 aromatic carbocycles. The molecule has 0 amide bonds. The van der Waals surface area contributed by atoms with Crippen LogP contribution in [0.4, 0.5) is 0 Å². The predicted molar refractivity (Wildman–Crippen MR) is 83.0 cm³/mol. The maximum atomic E-state index is 3.44. The van der Waals surface area contributed by atoms with E-state index in [2.05, 4.69) is 59.3 Å². The fourth-order valence-corrected chi connectivity index (χ4v) is 2.94. The molecule has 1 N–H and O–H groups in total. The van der Waals surface area contributed by atoms with Gasteiger partial charge < -0.3 is 9.88 Å². The van der Waals surface area contributed by atoms with E-state index in [9.17, 15) is 0 Å². The summed E-state index contributed by atoms with van der Waals surface area (Å²) in [6, 6.07) is 15.9. The summed E-state index contributed by atoms with van der Waals surface area (Å²) in [5.74, 6) is 0. The second-order valence-corrected chi connectivity index (χ2v) is 5.08. The van der Waals surface area contributed by atoms with Crippen molar-refractivity contribution in [2.75, 3.05) is 13.1 Å². The summed E-state index contributed by atoms with van der Waals surface area (Å²) in [7, 11) is 0. The number of nitrogens with one attached hydrogen (secondary N) is 1. The molecule has 3 rings (SSSR count). The first-order valence-corrected chi connectivity index (χ1v) is 6.80. The normalized spacial score (nSPS) is 16.1. The molecule has 0 bridgehead atoms. The molecule has 0 saturated carbocycles. The fraction of sp³-hybridized carbons (Fsp3) is 0.375. The third kappa shape index (κ3) is 2.85. The fourth-order valence-electron chi connectivity index (χ4n) is 2.94. The predicted octanol–water partition coefficient (Wildman–Crippen LogP) is 3.81. The molecule has 0 spiro atoms. The van der Waals surface area contributed by atoms with Crippen LogP contribution in [0.15, 0.2) is 42.5 Å². The molecule has 3 heteroatoms. The van der Waals surface area contributed by atoms with E-state index in [4.69, 9.17) is 0 Å². The monoisotopic (exact) mass is 276 g/mol. The van der Waals surface area contributed by atoms with E-state index in [0.29, 0.717) is 6.04 Å². The van der Waals surface area contributed by atoms with Gasteiger partial charge in [-0.3, -0.25) is 0 Å². The molecule has 0 radical (unpaired) electrons. The lowest BCUT2D eigenvalue weighted by Gasteiger charge is -2.27. The van der Waals surface area contributed by atoms with Gasteiger partial charge in [-0.2, -0.15) is 0 Å². The molecule has 1 aliphatic heterocycles. The Balaban J connectivity index is 0.00000133. The van der Waals surface area contributed by atoms with E-state index in [-0.39, 0.29) is 12.4 Å². The molecule has 0 unspecified atom stereocenters. The summed E-state index contributed by atoms with van der Waals surface area (Å²) >= 11 is 0. The Kier molecular flexibility index (Phi) is 4.67. The standard InChI is InChI=1S/C16H20N2.ClH/c1-13-7-8-16(14-5-3-2-4-6-14)18(13)15-9-11-17-12-10-15;/h2-8,15,17H,9-12H2,1H3;1H. The van der Waals surface area contributed by atoms with Crippen LogP contribution in [-0.4, -0.2) is 17.7 Å². The molecule has 0 atom stereocenters. The van der Waals surface area contributed by atoms with Crippen molar-refractivity contribution in [3.8, 4) is 11.3 Å². The van der Waals surface area contributed by atoms with Crippen molar-refractivity contribution in [1.29, 1.82) is 0 Å². The molecule has 1 aromatic heterocycles. The van der Waals surface area contributed by atoms with E-state index in [1.54, 1.807) is 0 Å². The Morgan fingerprint density at radius 3 is 2.37 bits per heavy atom. The van der Waals surface area contributed by atoms with Crippen LogP contribution in [0.5, 0.6) is 0 Å². The molecule has 0 aliphatic carbocycles. The van der Waals surface area contributed by atoms with E-state index in [1.165, 1.54) is 29.8 Å². The summed E-state index contributed by atoms with van der Waals surface area (Å²) in [5.41, 5.74) is 4.06. The van der Waals surface area contributed by atoms with Gasteiger partial charge in [-0.25, -0.2) is 0 Å². The van der Waals surface area contributed by atoms with Crippen molar-refractivity contribution < 1.29 is 0 Å². The smallest absolute Gasteiger partial charge is 0.0485 e. The van der Waals surface area contributed by atoms with Crippen molar-refractivity contribution in [3.05, 3.63) is 48.2 Å². The molecular weight excluding hydrogens is 256 g/mol. The molecule has 1 saturated heterocycles. The van der Waals surface area contributed by atoms with Crippen molar-refractivity contribution in [3.63, 3.8) is 0 Å². The van der Waals surface area contributed by atoms with Crippen LogP contribution in [-0.2, 0) is 0 Å². The van der Waals surface area contributed by atoms with Gasteiger partial charge in [0.05, 0.1) is 0 Å². The molecule has 2 nitrogen and oxygen atoms in total. The molecule has 2 aromatic rings. The molecule has 102 valence electrons. The van der Waals surface area contributed by atoms with Crippen molar-refractivity contribution in [2.24, 2.45) is 0 Å². The quantitative estimate of drug-likeness (QED) is 0.883. The third-order valence-electron chi connectivity index (χ3n) is 3.87. The van der Waals surface area contributed by atoms with Gasteiger partial charge in [0.15, 0.2) is 0 Å². The van der Waals surface area contributed by atoms with Crippen molar-refractivity contribution >= 4 is 12.4 Å². The van der Waals surface area contributed by atoms with Gasteiger partial charge in [-0.15, -0.1) is 12.4 Å². The zero-order valence-corrected chi connectivity index (χ0v) is 12.1. The van der Waals surface area contributed by atoms with E-state index >= 15 is 0 Å². The van der Waals surface area contributed by atoms with Crippen LogP contribution in [0.1, 0.15) is 24.6 Å². The zero-order valence-electron chi connectivity index (χ0n) is 11.3. The van der Waals surface area contributed by atoms with Crippen LogP contribution < -0.4 is 5.32 Å². The number of hydrogen-bond donors (Lipinski definition) is 1. The second-order valence-electron chi connectivity index (χ2n) is 5.08. The van der Waals surface area contributed by atoms with Gasteiger partial charge >= 0.3 is 0 Å². The lowest BCUT2D eigenvalue weighted by atomic mass is 10.0. The lowest BCUT2D eigenvalue weighted by Crippen LogP contribution is -2.30. The highest BCUT2D eigenvalue weighted by Gasteiger charge is 2.19. The number of halogens is 1. The van der Waals surface area contributed by atoms with E-state index < -0.39 is 0 Å². The summed E-state index contributed by atoms with van der Waals surface area (Å²) in [6.07, 6.45) is 2.46. The Morgan fingerprint density at radius 2 is 1.68 bits per heavy atom. The first kappa shape index (κ1) is 14.2. The minimum absolute atomic E-state index is 0. The highest BCUT2D eigenvalue weighted by atomic mass is 35.5. The van der Waals surface area contributed by atoms with Gasteiger partial charge in [0.2, 0.25) is 0 Å². The Hall–Kier alpha value is -1.25. The Labute approximate surface area is 121 Å². The van der Waals surface area contributed by atoms with Crippen LogP contribution in [0.3, 0.4) is 0 Å². The number of aryl methyl sites for hydroxylation is 1. The summed E-state index contributed by atoms with van der Waals surface area (Å²) in [4.78, 5) is 0. The maximum Gasteiger partial charge on any atom is 0.0485 e. The lowest BCUT2D eigenvalue weighted by molar-refractivity contribution is 0.367. The molecular formula is C16H21ClN2. The number of benzene rings is 1. The SMILES string of the molecule is Cc1ccc(-c2ccccc2)n1C1CCNCC1.Cl. The van der Waals surface area contributed by atoms with Gasteiger partial charge in [0.1, 0.15) is 0 Å². The van der Waals surface area contributed by atoms with Gasteiger partial charge in [-0.05, 0) is 50.6 Å². The minimum Gasteiger partial charge on any atom is -0.342 e. The molecule has 2 heterocycles. The Bertz CT molecular complexity index is 513. The van der Waals surface area contributed by atoms with Crippen LogP contribution >= 0.6 is 12.4 Å². The minimum atomic E-state index is 0. The third-order valence-corrected chi connectivity index (χ3v) is 3.87. The largest absolute Gasteiger partial charge is 0.342 e. The van der Waals surface area contributed by atoms with Crippen LogP contribution in [0, 0.1) is 6.92 Å². The van der Waals surface area contributed by atoms with Gasteiger partial charge in [0, 0.05) is 17.4 Å². The van der Waals surface area contributed by atoms with Crippen LogP contribution in [0.2, 0.25) is 0 Å². The number of hydrogen-bond acceptors (Lipinski definition) is 1. The maximum absolute atomic E-state index is 3.44. The summed E-state index contributed by atoms with van der Waals surface area (Å²) in [5, 5.41) is 3.44. The number of aromatic nitrogens is 1. The summed E-state index contributed by atoms with van der Waals surface area (Å²) < 4.78 is 2.52. The number of piperidine rings is 1. The van der Waals surface area contributed by atoms with Gasteiger partial charge in [-0.1, -0.05) is 30.3 Å². The van der Waals surface area contributed by atoms with Gasteiger partial charge in [0.25, 0.3) is 0 Å². The molecule has 1 fully saturated rings. The average Bonchev–Trinajstić information content (AvgIpc) is 2.83. The molecule has 19 heavy (non-hydrogen) atoms. The molecule has 1 aliphatic rings. The average molecular weight is 277 g/mol. The van der Waals surface area contributed by atoms with Crippen molar-refractivity contribution in [2.45, 2.75) is 25.8 Å². The second kappa shape index (κ2) is 6.27. The Morgan fingerprint density at radius 1 is 1.00 bits per heavy atom. The summed E-state index contributed by atoms with van der Waals surface area (Å²) in [6.45, 7) is 4.49. The topological polar surface area (TPSA) is 17.0 Å². The zero-order chi connectivity index (χ0) is 12.4.